The van der Waals surface area contributed by atoms with Crippen LogP contribution >= 0.6 is 0 Å². The summed E-state index contributed by atoms with van der Waals surface area (Å²) in [6.45, 7) is 6.24. The van der Waals surface area contributed by atoms with Crippen molar-refractivity contribution in [1.82, 2.24) is 9.97 Å². The molecule has 0 radical (unpaired) electrons. The molecule has 1 aromatic carbocycles. The first-order valence-electron chi connectivity index (χ1n) is 7.72. The summed E-state index contributed by atoms with van der Waals surface area (Å²) in [5, 5.41) is 0. The molecule has 3 rings (SSSR count). The third-order valence-electron chi connectivity index (χ3n) is 4.47. The Morgan fingerprint density at radius 1 is 1.35 bits per heavy atom. The zero-order chi connectivity index (χ0) is 16.8. The van der Waals surface area contributed by atoms with Gasteiger partial charge in [-0.05, 0) is 23.5 Å². The molecule has 1 aromatic heterocycles. The summed E-state index contributed by atoms with van der Waals surface area (Å²) >= 11 is 0. The number of rotatable bonds is 3. The molecule has 0 amide bonds. The van der Waals surface area contributed by atoms with Gasteiger partial charge in [0, 0.05) is 23.9 Å². The van der Waals surface area contributed by atoms with Gasteiger partial charge in [-0.15, -0.1) is 0 Å². The fraction of sp³-hybridized carbons (Fsp3) is 0.412. The summed E-state index contributed by atoms with van der Waals surface area (Å²) < 4.78 is 14.1. The molecule has 1 aliphatic rings. The third kappa shape index (κ3) is 2.51. The van der Waals surface area contributed by atoms with E-state index in [-0.39, 0.29) is 5.41 Å². The highest BCUT2D eigenvalue weighted by Gasteiger charge is 2.36. The fourth-order valence-electron chi connectivity index (χ4n) is 3.38. The van der Waals surface area contributed by atoms with E-state index in [4.69, 9.17) is 5.73 Å². The largest absolute Gasteiger partial charge is 0.383 e. The topological polar surface area (TPSA) is 72.1 Å². The van der Waals surface area contributed by atoms with Crippen LogP contribution in [0, 0.1) is 0 Å². The minimum Gasteiger partial charge on any atom is -0.383 e. The Labute approximate surface area is 139 Å². The molecule has 0 saturated carbocycles. The zero-order valence-corrected chi connectivity index (χ0v) is 14.8. The molecule has 1 unspecified atom stereocenters. The van der Waals surface area contributed by atoms with Gasteiger partial charge in [-0.1, -0.05) is 32.9 Å². The van der Waals surface area contributed by atoms with Gasteiger partial charge in [-0.3, -0.25) is 4.31 Å². The van der Waals surface area contributed by atoms with E-state index < -0.39 is 11.0 Å². The third-order valence-corrected chi connectivity index (χ3v) is 5.77. The predicted molar refractivity (Wildman–Crippen MR) is 95.7 cm³/mol. The zero-order valence-electron chi connectivity index (χ0n) is 14.0. The second kappa shape index (κ2) is 5.60. The van der Waals surface area contributed by atoms with Gasteiger partial charge >= 0.3 is 0 Å². The molecule has 2 aromatic rings. The maximum Gasteiger partial charge on any atom is 0.131 e. The number of nitrogens with two attached hydrogens (primary N) is 1. The fourth-order valence-corrected chi connectivity index (χ4v) is 4.16. The van der Waals surface area contributed by atoms with E-state index in [0.717, 1.165) is 28.9 Å². The minimum absolute atomic E-state index is 0.168. The lowest BCUT2D eigenvalue weighted by Crippen LogP contribution is -2.31. The van der Waals surface area contributed by atoms with Crippen molar-refractivity contribution in [3.05, 3.63) is 35.7 Å². The van der Waals surface area contributed by atoms with Gasteiger partial charge in [0.05, 0.1) is 11.4 Å². The van der Waals surface area contributed by atoms with Gasteiger partial charge < -0.3 is 5.73 Å². The number of aromatic nitrogens is 2. The highest BCUT2D eigenvalue weighted by Crippen LogP contribution is 2.46. The van der Waals surface area contributed by atoms with E-state index in [2.05, 4.69) is 29.9 Å². The van der Waals surface area contributed by atoms with Gasteiger partial charge in [-0.25, -0.2) is 14.2 Å². The summed E-state index contributed by atoms with van der Waals surface area (Å²) in [4.78, 5) is 8.66. The smallest absolute Gasteiger partial charge is 0.131 e. The van der Waals surface area contributed by atoms with Crippen LogP contribution in [0.4, 0.5) is 11.5 Å². The van der Waals surface area contributed by atoms with Crippen molar-refractivity contribution < 1.29 is 4.21 Å². The Morgan fingerprint density at radius 2 is 2.09 bits per heavy atom. The van der Waals surface area contributed by atoms with Crippen molar-refractivity contribution in [3.63, 3.8) is 0 Å². The Morgan fingerprint density at radius 3 is 2.78 bits per heavy atom. The molecule has 5 nitrogen and oxygen atoms in total. The van der Waals surface area contributed by atoms with Crippen LogP contribution in [-0.2, 0) is 22.8 Å². The van der Waals surface area contributed by atoms with Crippen LogP contribution in [0.5, 0.6) is 0 Å². The number of fused-ring (bicyclic) bond motifs is 3. The van der Waals surface area contributed by atoms with E-state index in [9.17, 15) is 4.21 Å². The Kier molecular flexibility index (Phi) is 3.88. The number of hydrogen-bond donors (Lipinski definition) is 1. The molecule has 2 N–H and O–H groups in total. The Balaban J connectivity index is 2.25. The van der Waals surface area contributed by atoms with Crippen LogP contribution in [-0.4, -0.2) is 27.0 Å². The second-order valence-electron chi connectivity index (χ2n) is 6.45. The van der Waals surface area contributed by atoms with E-state index in [1.165, 1.54) is 11.9 Å². The monoisotopic (exact) mass is 330 g/mol. The van der Waals surface area contributed by atoms with E-state index in [0.29, 0.717) is 11.6 Å². The van der Waals surface area contributed by atoms with E-state index in [1.54, 1.807) is 0 Å². The summed E-state index contributed by atoms with van der Waals surface area (Å²) in [5.41, 5.74) is 11.1. The van der Waals surface area contributed by atoms with Gasteiger partial charge in [0.15, 0.2) is 0 Å². The number of hydrogen-bond acceptors (Lipinski definition) is 4. The number of benzene rings is 1. The average molecular weight is 330 g/mol. The molecule has 0 aliphatic heterocycles. The summed E-state index contributed by atoms with van der Waals surface area (Å²) in [5.74, 6) is 1.14. The molecule has 23 heavy (non-hydrogen) atoms. The maximum atomic E-state index is 12.3. The van der Waals surface area contributed by atoms with Crippen LogP contribution in [0.15, 0.2) is 24.5 Å². The summed E-state index contributed by atoms with van der Waals surface area (Å²) in [6, 6.07) is 6.07. The van der Waals surface area contributed by atoms with Crippen LogP contribution in [0.3, 0.4) is 0 Å². The van der Waals surface area contributed by atoms with E-state index in [1.807, 2.05) is 30.4 Å². The second-order valence-corrected chi connectivity index (χ2v) is 8.22. The van der Waals surface area contributed by atoms with Crippen molar-refractivity contribution in [1.29, 1.82) is 0 Å². The van der Waals surface area contributed by atoms with Crippen molar-refractivity contribution in [2.24, 2.45) is 0 Å². The molecule has 1 aliphatic carbocycles. The van der Waals surface area contributed by atoms with Gasteiger partial charge in [0.2, 0.25) is 0 Å². The average Bonchev–Trinajstić information content (AvgIpc) is 2.52. The van der Waals surface area contributed by atoms with Crippen molar-refractivity contribution in [3.8, 4) is 11.3 Å². The van der Waals surface area contributed by atoms with Crippen LogP contribution < -0.4 is 10.0 Å². The highest BCUT2D eigenvalue weighted by molar-refractivity contribution is 7.86. The molecule has 0 saturated heterocycles. The molecule has 122 valence electrons. The maximum absolute atomic E-state index is 12.3. The molecule has 1 atom stereocenters. The summed E-state index contributed by atoms with van der Waals surface area (Å²) in [7, 11) is 0.849. The molecular formula is C17H22N4OS. The molecule has 0 spiro atoms. The van der Waals surface area contributed by atoms with Crippen molar-refractivity contribution in [2.75, 3.05) is 22.8 Å². The van der Waals surface area contributed by atoms with Crippen LogP contribution in [0.1, 0.15) is 31.9 Å². The lowest BCUT2D eigenvalue weighted by molar-refractivity contribution is 0.515. The predicted octanol–water partition coefficient (Wildman–Crippen LogP) is 2.68. The Bertz CT molecular complexity index is 788. The van der Waals surface area contributed by atoms with Crippen molar-refractivity contribution >= 4 is 22.5 Å². The quantitative estimate of drug-likeness (QED) is 0.939. The molecule has 1 heterocycles. The molecule has 0 bridgehead atoms. The standard InChI is InChI=1S/C17H22N4OS/c1-5-23(22)21(4)13-8-6-7-11-12(13)9-17(2,3)14-15(11)19-10-20-16(14)18/h6-8,10H,5,9H2,1-4H3,(H2,18,19,20). The van der Waals surface area contributed by atoms with Gasteiger partial charge in [0.25, 0.3) is 0 Å². The minimum atomic E-state index is -1.03. The molecule has 6 heteroatoms. The lowest BCUT2D eigenvalue weighted by atomic mass is 9.71. The normalized spacial score (nSPS) is 16.3. The van der Waals surface area contributed by atoms with Gasteiger partial charge in [-0.2, -0.15) is 0 Å². The SMILES string of the molecule is CCS(=O)N(C)c1cccc2c1CC(C)(C)c1c(N)ncnc1-2. The number of nitrogens with zero attached hydrogens (tertiary/aromatic N) is 3. The van der Waals surface area contributed by atoms with Crippen molar-refractivity contribution in [2.45, 2.75) is 32.6 Å². The van der Waals surface area contributed by atoms with E-state index >= 15 is 0 Å². The number of anilines is 2. The Hall–Kier alpha value is -1.95. The van der Waals surface area contributed by atoms with Crippen LogP contribution in [0.2, 0.25) is 0 Å². The first-order chi connectivity index (χ1) is 10.9. The summed E-state index contributed by atoms with van der Waals surface area (Å²) in [6.07, 6.45) is 2.33. The lowest BCUT2D eigenvalue weighted by Gasteiger charge is -2.36. The highest BCUT2D eigenvalue weighted by atomic mass is 32.2. The molecule has 0 fully saturated rings. The first-order valence-corrected chi connectivity index (χ1v) is 9.00. The van der Waals surface area contributed by atoms with Crippen LogP contribution in [0.25, 0.3) is 11.3 Å². The first kappa shape index (κ1) is 15.9. The number of nitrogen functional groups attached to an aromatic ring is 1. The molecular weight excluding hydrogens is 308 g/mol. The van der Waals surface area contributed by atoms with Gasteiger partial charge in [0.1, 0.15) is 23.1 Å².